The molecule has 0 saturated carbocycles. The molecular weight excluding hydrogens is 126 g/mol. The summed E-state index contributed by atoms with van der Waals surface area (Å²) in [6, 6.07) is 1.23. The van der Waals surface area contributed by atoms with Crippen molar-refractivity contribution in [3.05, 3.63) is 0 Å². The van der Waals surface area contributed by atoms with Crippen molar-refractivity contribution in [3.63, 3.8) is 0 Å². The van der Waals surface area contributed by atoms with Crippen LogP contribution in [0.15, 0.2) is 0 Å². The average molecular weight is 141 g/mol. The predicted octanol–water partition coefficient (Wildman–Crippen LogP) is 0.508. The van der Waals surface area contributed by atoms with Gasteiger partial charge in [0.2, 0.25) is 0 Å². The Bertz CT molecular complexity index is 137. The molecule has 0 aromatic heterocycles. The van der Waals surface area contributed by atoms with Gasteiger partial charge in [0.25, 0.3) is 0 Å². The van der Waals surface area contributed by atoms with Crippen LogP contribution < -0.4 is 5.32 Å². The van der Waals surface area contributed by atoms with Gasteiger partial charge in [-0.05, 0) is 25.2 Å². The largest absolute Gasteiger partial charge is 0.393 e. The van der Waals surface area contributed by atoms with Gasteiger partial charge in [-0.2, -0.15) is 0 Å². The van der Waals surface area contributed by atoms with E-state index in [2.05, 4.69) is 12.2 Å². The van der Waals surface area contributed by atoms with E-state index in [1.54, 1.807) is 0 Å². The number of aliphatic hydroxyl groups is 1. The van der Waals surface area contributed by atoms with Gasteiger partial charge in [0.05, 0.1) is 6.10 Å². The maximum atomic E-state index is 9.52. The third-order valence-electron chi connectivity index (χ3n) is 3.04. The van der Waals surface area contributed by atoms with Crippen molar-refractivity contribution in [3.8, 4) is 0 Å². The van der Waals surface area contributed by atoms with Gasteiger partial charge in [-0.15, -0.1) is 0 Å². The van der Waals surface area contributed by atoms with E-state index >= 15 is 0 Å². The van der Waals surface area contributed by atoms with Crippen LogP contribution in [-0.2, 0) is 0 Å². The molecule has 2 saturated heterocycles. The Kier molecular flexibility index (Phi) is 1.46. The van der Waals surface area contributed by atoms with Crippen LogP contribution in [0.4, 0.5) is 0 Å². The van der Waals surface area contributed by atoms with E-state index in [0.717, 1.165) is 6.42 Å². The minimum absolute atomic E-state index is 0.0428. The molecule has 10 heavy (non-hydrogen) atoms. The molecule has 0 unspecified atom stereocenters. The van der Waals surface area contributed by atoms with Gasteiger partial charge < -0.3 is 10.4 Å². The van der Waals surface area contributed by atoms with Gasteiger partial charge in [-0.25, -0.2) is 0 Å². The van der Waals surface area contributed by atoms with Crippen molar-refractivity contribution in [2.75, 3.05) is 0 Å². The third-order valence-corrected chi connectivity index (χ3v) is 3.04. The van der Waals surface area contributed by atoms with E-state index in [1.807, 2.05) is 0 Å². The maximum Gasteiger partial charge on any atom is 0.0595 e. The zero-order valence-corrected chi connectivity index (χ0v) is 6.38. The minimum atomic E-state index is -0.0428. The summed E-state index contributed by atoms with van der Waals surface area (Å²) >= 11 is 0. The van der Waals surface area contributed by atoms with Crippen LogP contribution in [0.1, 0.15) is 26.2 Å². The monoisotopic (exact) mass is 141 g/mol. The molecule has 58 valence electrons. The summed E-state index contributed by atoms with van der Waals surface area (Å²) in [5, 5.41) is 13.0. The highest BCUT2D eigenvalue weighted by Gasteiger charge is 2.37. The van der Waals surface area contributed by atoms with Crippen molar-refractivity contribution in [1.29, 1.82) is 0 Å². The molecule has 0 amide bonds. The van der Waals surface area contributed by atoms with Gasteiger partial charge in [0.1, 0.15) is 0 Å². The lowest BCUT2D eigenvalue weighted by Crippen LogP contribution is -2.46. The van der Waals surface area contributed by atoms with Gasteiger partial charge in [0.15, 0.2) is 0 Å². The first kappa shape index (κ1) is 6.62. The fraction of sp³-hybridized carbons (Fsp3) is 1.00. The second kappa shape index (κ2) is 2.21. The quantitative estimate of drug-likeness (QED) is 0.515. The number of nitrogens with one attached hydrogen (secondary N) is 1. The van der Waals surface area contributed by atoms with Crippen molar-refractivity contribution in [2.45, 2.75) is 44.4 Å². The highest BCUT2D eigenvalue weighted by atomic mass is 16.3. The Morgan fingerprint density at radius 2 is 2.20 bits per heavy atom. The van der Waals surface area contributed by atoms with Crippen LogP contribution >= 0.6 is 0 Å². The zero-order valence-electron chi connectivity index (χ0n) is 6.38. The molecule has 2 nitrogen and oxygen atoms in total. The summed E-state index contributed by atoms with van der Waals surface area (Å²) in [6.45, 7) is 2.14. The minimum Gasteiger partial charge on any atom is -0.393 e. The van der Waals surface area contributed by atoms with Crippen LogP contribution in [0.2, 0.25) is 0 Å². The highest BCUT2D eigenvalue weighted by Crippen LogP contribution is 2.30. The van der Waals surface area contributed by atoms with E-state index < -0.39 is 0 Å². The Hall–Kier alpha value is -0.0800. The number of hydrogen-bond acceptors (Lipinski definition) is 2. The van der Waals surface area contributed by atoms with E-state index in [9.17, 15) is 5.11 Å². The lowest BCUT2D eigenvalue weighted by molar-refractivity contribution is 0.0619. The molecule has 2 N–H and O–H groups in total. The molecule has 0 aromatic rings. The molecule has 2 fully saturated rings. The standard InChI is InChI=1S/C8H15NO/c1-5-7-3-2-6(9-7)4-8(5)10/h5-10H,2-4H2,1H3/t5-,6+,7+,8+/m0/s1. The first-order chi connectivity index (χ1) is 4.77. The SMILES string of the molecule is C[C@@H]1[C@H](O)C[C@H]2CC[C@H]1N2. The molecule has 0 radical (unpaired) electrons. The molecule has 2 rings (SSSR count). The van der Waals surface area contributed by atoms with Crippen molar-refractivity contribution in [1.82, 2.24) is 5.32 Å². The molecule has 2 bridgehead atoms. The number of hydrogen-bond donors (Lipinski definition) is 2. The number of rotatable bonds is 0. The first-order valence-corrected chi connectivity index (χ1v) is 4.21. The second-order valence-corrected chi connectivity index (χ2v) is 3.71. The zero-order chi connectivity index (χ0) is 7.14. The van der Waals surface area contributed by atoms with Crippen LogP contribution in [-0.4, -0.2) is 23.3 Å². The normalized spacial score (nSPS) is 53.4. The third kappa shape index (κ3) is 0.867. The predicted molar refractivity (Wildman–Crippen MR) is 39.7 cm³/mol. The molecule has 2 aliphatic rings. The van der Waals surface area contributed by atoms with E-state index in [4.69, 9.17) is 0 Å². The number of piperidine rings is 1. The first-order valence-electron chi connectivity index (χ1n) is 4.21. The van der Waals surface area contributed by atoms with Crippen LogP contribution in [0.5, 0.6) is 0 Å². The Morgan fingerprint density at radius 3 is 3.00 bits per heavy atom. The summed E-state index contributed by atoms with van der Waals surface area (Å²) < 4.78 is 0. The summed E-state index contributed by atoms with van der Waals surface area (Å²) in [6.07, 6.45) is 3.46. The van der Waals surface area contributed by atoms with Crippen molar-refractivity contribution in [2.24, 2.45) is 5.92 Å². The molecule has 2 heterocycles. The Balaban J connectivity index is 2.09. The second-order valence-electron chi connectivity index (χ2n) is 3.71. The lowest BCUT2D eigenvalue weighted by atomic mass is 9.91. The fourth-order valence-corrected chi connectivity index (χ4v) is 2.23. The highest BCUT2D eigenvalue weighted by molar-refractivity contribution is 4.95. The molecular formula is C8H15NO. The topological polar surface area (TPSA) is 32.3 Å². The lowest BCUT2D eigenvalue weighted by Gasteiger charge is -2.31. The van der Waals surface area contributed by atoms with Crippen LogP contribution in [0.25, 0.3) is 0 Å². The van der Waals surface area contributed by atoms with Crippen molar-refractivity contribution >= 4 is 0 Å². The summed E-state index contributed by atoms with van der Waals surface area (Å²) in [4.78, 5) is 0. The summed E-state index contributed by atoms with van der Waals surface area (Å²) in [5.74, 6) is 0.471. The molecule has 2 aliphatic heterocycles. The Labute approximate surface area is 61.6 Å². The van der Waals surface area contributed by atoms with Crippen molar-refractivity contribution < 1.29 is 5.11 Å². The molecule has 0 aromatic carbocycles. The van der Waals surface area contributed by atoms with E-state index in [-0.39, 0.29) is 6.10 Å². The fourth-order valence-electron chi connectivity index (χ4n) is 2.23. The van der Waals surface area contributed by atoms with E-state index in [0.29, 0.717) is 18.0 Å². The Morgan fingerprint density at radius 1 is 1.40 bits per heavy atom. The molecule has 0 aliphatic carbocycles. The molecule has 0 spiro atoms. The summed E-state index contributed by atoms with van der Waals surface area (Å²) in [5.41, 5.74) is 0. The number of fused-ring (bicyclic) bond motifs is 2. The van der Waals surface area contributed by atoms with Gasteiger partial charge in [-0.1, -0.05) is 6.92 Å². The van der Waals surface area contributed by atoms with Crippen LogP contribution in [0, 0.1) is 5.92 Å². The van der Waals surface area contributed by atoms with E-state index in [1.165, 1.54) is 12.8 Å². The summed E-state index contributed by atoms with van der Waals surface area (Å²) in [7, 11) is 0. The number of aliphatic hydroxyl groups excluding tert-OH is 1. The average Bonchev–Trinajstić information content (AvgIpc) is 2.29. The van der Waals surface area contributed by atoms with Gasteiger partial charge in [0, 0.05) is 12.1 Å². The van der Waals surface area contributed by atoms with Gasteiger partial charge in [-0.3, -0.25) is 0 Å². The molecule has 2 heteroatoms. The smallest absolute Gasteiger partial charge is 0.0595 e. The van der Waals surface area contributed by atoms with Gasteiger partial charge >= 0.3 is 0 Å². The maximum absolute atomic E-state index is 9.52. The molecule has 4 atom stereocenters. The van der Waals surface area contributed by atoms with Crippen LogP contribution in [0.3, 0.4) is 0 Å².